The average molecular weight is 291 g/mol. The Balaban J connectivity index is 2.36. The lowest BCUT2D eigenvalue weighted by molar-refractivity contribution is 0.601. The predicted molar refractivity (Wildman–Crippen MR) is 78.9 cm³/mol. The van der Waals surface area contributed by atoms with Gasteiger partial charge in [-0.1, -0.05) is 6.07 Å². The Kier molecular flexibility index (Phi) is 4.06. The van der Waals surface area contributed by atoms with Crippen molar-refractivity contribution in [2.45, 2.75) is 25.3 Å². The lowest BCUT2D eigenvalue weighted by Gasteiger charge is -2.11. The van der Waals surface area contributed by atoms with Crippen molar-refractivity contribution in [3.05, 3.63) is 53.3 Å². The van der Waals surface area contributed by atoms with E-state index < -0.39 is 10.0 Å². The Hall–Kier alpha value is -1.92. The molecule has 0 fully saturated rings. The van der Waals surface area contributed by atoms with Crippen LogP contribution in [0.15, 0.2) is 41.6 Å². The molecule has 0 bridgehead atoms. The molecule has 6 heteroatoms. The molecule has 0 atom stereocenters. The quantitative estimate of drug-likeness (QED) is 0.901. The minimum Gasteiger partial charge on any atom is -0.326 e. The molecular formula is C14H17N3O2S. The van der Waals surface area contributed by atoms with E-state index in [1.807, 2.05) is 13.8 Å². The molecule has 0 aliphatic carbocycles. The Labute approximate surface area is 118 Å². The second-order valence-corrected chi connectivity index (χ2v) is 6.27. The van der Waals surface area contributed by atoms with Crippen molar-refractivity contribution in [1.82, 2.24) is 4.98 Å². The molecule has 0 saturated heterocycles. The Morgan fingerprint density at radius 3 is 2.55 bits per heavy atom. The summed E-state index contributed by atoms with van der Waals surface area (Å²) in [6.45, 7) is 4.06. The maximum atomic E-state index is 12.3. The lowest BCUT2D eigenvalue weighted by Crippen LogP contribution is -2.14. The highest BCUT2D eigenvalue weighted by Crippen LogP contribution is 2.20. The van der Waals surface area contributed by atoms with Crippen LogP contribution >= 0.6 is 0 Å². The van der Waals surface area contributed by atoms with Crippen LogP contribution in [0.4, 0.5) is 5.69 Å². The number of nitrogens with two attached hydrogens (primary N) is 1. The largest absolute Gasteiger partial charge is 0.326 e. The first-order chi connectivity index (χ1) is 9.44. The zero-order chi connectivity index (χ0) is 14.8. The Bertz CT molecular complexity index is 727. The molecule has 0 amide bonds. The third-order valence-electron chi connectivity index (χ3n) is 3.13. The summed E-state index contributed by atoms with van der Waals surface area (Å²) in [5.41, 5.74) is 8.67. The highest BCUT2D eigenvalue weighted by molar-refractivity contribution is 7.92. The number of hydrogen-bond donors (Lipinski definition) is 2. The normalized spacial score (nSPS) is 11.3. The van der Waals surface area contributed by atoms with Crippen molar-refractivity contribution >= 4 is 15.7 Å². The van der Waals surface area contributed by atoms with E-state index in [4.69, 9.17) is 5.73 Å². The maximum Gasteiger partial charge on any atom is 0.261 e. The van der Waals surface area contributed by atoms with Crippen LogP contribution in [0.25, 0.3) is 0 Å². The van der Waals surface area contributed by atoms with Crippen LogP contribution < -0.4 is 10.5 Å². The van der Waals surface area contributed by atoms with E-state index in [1.54, 1.807) is 30.5 Å². The van der Waals surface area contributed by atoms with Crippen molar-refractivity contribution in [1.29, 1.82) is 0 Å². The molecule has 2 aromatic rings. The molecule has 5 nitrogen and oxygen atoms in total. The first kappa shape index (κ1) is 14.5. The topological polar surface area (TPSA) is 85.1 Å². The number of sulfonamides is 1. The molecule has 20 heavy (non-hydrogen) atoms. The molecule has 0 spiro atoms. The van der Waals surface area contributed by atoms with Gasteiger partial charge in [0.15, 0.2) is 0 Å². The Morgan fingerprint density at radius 2 is 1.95 bits per heavy atom. The van der Waals surface area contributed by atoms with Gasteiger partial charge in [-0.15, -0.1) is 0 Å². The van der Waals surface area contributed by atoms with Gasteiger partial charge in [0, 0.05) is 12.7 Å². The smallest absolute Gasteiger partial charge is 0.261 e. The van der Waals surface area contributed by atoms with E-state index in [-0.39, 0.29) is 4.90 Å². The summed E-state index contributed by atoms with van der Waals surface area (Å²) in [7, 11) is -3.61. The molecule has 0 radical (unpaired) electrons. The molecule has 0 saturated carbocycles. The van der Waals surface area contributed by atoms with E-state index in [0.29, 0.717) is 12.2 Å². The summed E-state index contributed by atoms with van der Waals surface area (Å²) in [5, 5.41) is 0. The van der Waals surface area contributed by atoms with Crippen molar-refractivity contribution in [3.63, 3.8) is 0 Å². The summed E-state index contributed by atoms with van der Waals surface area (Å²) in [4.78, 5) is 4.14. The van der Waals surface area contributed by atoms with E-state index in [0.717, 1.165) is 16.7 Å². The van der Waals surface area contributed by atoms with Crippen molar-refractivity contribution in [2.24, 2.45) is 5.73 Å². The van der Waals surface area contributed by atoms with Crippen molar-refractivity contribution < 1.29 is 8.42 Å². The van der Waals surface area contributed by atoms with Crippen LogP contribution in [0.5, 0.6) is 0 Å². The number of anilines is 1. The highest BCUT2D eigenvalue weighted by Gasteiger charge is 2.16. The van der Waals surface area contributed by atoms with Gasteiger partial charge >= 0.3 is 0 Å². The fraction of sp³-hybridized carbons (Fsp3) is 0.214. The van der Waals surface area contributed by atoms with Gasteiger partial charge in [0.05, 0.1) is 16.8 Å². The van der Waals surface area contributed by atoms with Gasteiger partial charge in [-0.2, -0.15) is 0 Å². The third kappa shape index (κ3) is 2.97. The standard InChI is InChI=1S/C14H17N3O2S/c1-10-5-6-16-9-14(10)17-20(18,19)13-4-3-12(8-15)11(2)7-13/h3-7,9,17H,8,15H2,1-2H3. The van der Waals surface area contributed by atoms with Crippen LogP contribution in [-0.4, -0.2) is 13.4 Å². The van der Waals surface area contributed by atoms with Crippen molar-refractivity contribution in [2.75, 3.05) is 4.72 Å². The molecule has 0 aliphatic rings. The minimum atomic E-state index is -3.61. The summed E-state index contributed by atoms with van der Waals surface area (Å²) < 4.78 is 27.2. The number of nitrogens with one attached hydrogen (secondary N) is 1. The number of nitrogens with zero attached hydrogens (tertiary/aromatic N) is 1. The number of hydrogen-bond acceptors (Lipinski definition) is 4. The van der Waals surface area contributed by atoms with Crippen molar-refractivity contribution in [3.8, 4) is 0 Å². The number of pyridine rings is 1. The molecule has 0 unspecified atom stereocenters. The number of aryl methyl sites for hydroxylation is 2. The molecule has 1 aromatic carbocycles. The van der Waals surface area contributed by atoms with Gasteiger partial charge in [-0.05, 0) is 48.7 Å². The lowest BCUT2D eigenvalue weighted by atomic mass is 10.1. The third-order valence-corrected chi connectivity index (χ3v) is 4.49. The van der Waals surface area contributed by atoms with Gasteiger partial charge in [0.1, 0.15) is 0 Å². The van der Waals surface area contributed by atoms with Gasteiger partial charge in [-0.3, -0.25) is 9.71 Å². The Morgan fingerprint density at radius 1 is 1.20 bits per heavy atom. The molecular weight excluding hydrogens is 274 g/mol. The second-order valence-electron chi connectivity index (χ2n) is 4.59. The summed E-state index contributed by atoms with van der Waals surface area (Å²) in [5.74, 6) is 0. The molecule has 1 aromatic heterocycles. The van der Waals surface area contributed by atoms with Crippen LogP contribution in [0.3, 0.4) is 0 Å². The molecule has 3 N–H and O–H groups in total. The predicted octanol–water partition coefficient (Wildman–Crippen LogP) is 1.96. The number of aromatic nitrogens is 1. The van der Waals surface area contributed by atoms with Crippen LogP contribution in [0, 0.1) is 13.8 Å². The van der Waals surface area contributed by atoms with E-state index in [2.05, 4.69) is 9.71 Å². The van der Waals surface area contributed by atoms with Gasteiger partial charge in [0.25, 0.3) is 10.0 Å². The number of benzene rings is 1. The number of rotatable bonds is 4. The zero-order valence-corrected chi connectivity index (χ0v) is 12.2. The first-order valence-electron chi connectivity index (χ1n) is 6.17. The van der Waals surface area contributed by atoms with Gasteiger partial charge < -0.3 is 5.73 Å². The van der Waals surface area contributed by atoms with E-state index in [1.165, 1.54) is 6.20 Å². The maximum absolute atomic E-state index is 12.3. The van der Waals surface area contributed by atoms with Crippen LogP contribution in [0.1, 0.15) is 16.7 Å². The van der Waals surface area contributed by atoms with Gasteiger partial charge in [0.2, 0.25) is 0 Å². The van der Waals surface area contributed by atoms with E-state index >= 15 is 0 Å². The zero-order valence-electron chi connectivity index (χ0n) is 11.4. The summed E-state index contributed by atoms with van der Waals surface area (Å²) >= 11 is 0. The molecule has 1 heterocycles. The van der Waals surface area contributed by atoms with Gasteiger partial charge in [-0.25, -0.2) is 8.42 Å². The monoisotopic (exact) mass is 291 g/mol. The highest BCUT2D eigenvalue weighted by atomic mass is 32.2. The molecule has 106 valence electrons. The summed E-state index contributed by atoms with van der Waals surface area (Å²) in [6, 6.07) is 6.67. The average Bonchev–Trinajstić information content (AvgIpc) is 2.41. The fourth-order valence-corrected chi connectivity index (χ4v) is 3.04. The second kappa shape index (κ2) is 5.60. The minimum absolute atomic E-state index is 0.218. The summed E-state index contributed by atoms with van der Waals surface area (Å²) in [6.07, 6.45) is 3.11. The fourth-order valence-electron chi connectivity index (χ4n) is 1.84. The van der Waals surface area contributed by atoms with E-state index in [9.17, 15) is 8.42 Å². The van der Waals surface area contributed by atoms with Crippen LogP contribution in [0.2, 0.25) is 0 Å². The first-order valence-corrected chi connectivity index (χ1v) is 7.65. The molecule has 2 rings (SSSR count). The molecule has 0 aliphatic heterocycles. The SMILES string of the molecule is Cc1cc(S(=O)(=O)Nc2cnccc2C)ccc1CN. The van der Waals surface area contributed by atoms with Crippen LogP contribution in [-0.2, 0) is 16.6 Å².